The van der Waals surface area contributed by atoms with Crippen molar-refractivity contribution in [2.75, 3.05) is 33.4 Å². The fourth-order valence-corrected chi connectivity index (χ4v) is 4.19. The van der Waals surface area contributed by atoms with Crippen LogP contribution >= 0.6 is 0 Å². The van der Waals surface area contributed by atoms with Gasteiger partial charge in [0.15, 0.2) is 6.79 Å². The molecule has 1 heterocycles. The number of hydrogen-bond donors (Lipinski definition) is 0. The summed E-state index contributed by atoms with van der Waals surface area (Å²) in [5.74, 6) is 0.818. The molecule has 0 unspecified atom stereocenters. The maximum atomic E-state index is 5.97. The molecular weight excluding hydrogens is 400 g/mol. The van der Waals surface area contributed by atoms with Crippen LogP contribution in [0.4, 0.5) is 0 Å². The smallest absolute Gasteiger partial charge is 0.189 e. The summed E-state index contributed by atoms with van der Waals surface area (Å²) in [5.41, 5.74) is 1.89. The topological polar surface area (TPSA) is 49.5 Å². The van der Waals surface area contributed by atoms with Gasteiger partial charge in [-0.15, -0.1) is 0 Å². The first-order valence-corrected chi connectivity index (χ1v) is 18.0. The SMILES string of the molecule is C[C@@]1(c2ccc(COCOCC[Si](C)(C)C)cc2OCOCC[Si](C)(C)C)CO1. The lowest BCUT2D eigenvalue weighted by Crippen LogP contribution is -2.22. The Bertz CT molecular complexity index is 633. The minimum Gasteiger partial charge on any atom is -0.467 e. The molecule has 0 saturated carbocycles. The Hall–Kier alpha value is -0.706. The van der Waals surface area contributed by atoms with Gasteiger partial charge < -0.3 is 23.7 Å². The zero-order chi connectivity index (χ0) is 21.5. The van der Waals surface area contributed by atoms with Crippen molar-refractivity contribution < 1.29 is 23.7 Å². The maximum Gasteiger partial charge on any atom is 0.189 e. The molecule has 5 nitrogen and oxygen atoms in total. The van der Waals surface area contributed by atoms with Crippen molar-refractivity contribution in [1.82, 2.24) is 0 Å². The summed E-state index contributed by atoms with van der Waals surface area (Å²) in [6, 6.07) is 8.47. The minimum atomic E-state index is -1.09. The molecule has 0 bridgehead atoms. The van der Waals surface area contributed by atoms with Crippen molar-refractivity contribution in [3.05, 3.63) is 29.3 Å². The van der Waals surface area contributed by atoms with Crippen molar-refractivity contribution in [2.45, 2.75) is 70.5 Å². The van der Waals surface area contributed by atoms with Gasteiger partial charge in [-0.2, -0.15) is 0 Å². The first kappa shape index (κ1) is 24.6. The van der Waals surface area contributed by atoms with Crippen LogP contribution in [0.5, 0.6) is 5.75 Å². The molecule has 1 aliphatic heterocycles. The Labute approximate surface area is 179 Å². The third kappa shape index (κ3) is 9.76. The number of ether oxygens (including phenoxy) is 5. The average Bonchev–Trinajstić information content (AvgIpc) is 3.34. The quantitative estimate of drug-likeness (QED) is 0.167. The number of rotatable bonds is 14. The van der Waals surface area contributed by atoms with E-state index in [0.717, 1.165) is 48.8 Å². The lowest BCUT2D eigenvalue weighted by atomic mass is 9.99. The number of epoxide rings is 1. The van der Waals surface area contributed by atoms with Gasteiger partial charge >= 0.3 is 0 Å². The van der Waals surface area contributed by atoms with E-state index in [1.807, 2.05) is 6.07 Å². The van der Waals surface area contributed by atoms with Gasteiger partial charge in [-0.3, -0.25) is 0 Å². The van der Waals surface area contributed by atoms with E-state index in [1.54, 1.807) is 0 Å². The highest BCUT2D eigenvalue weighted by Crippen LogP contribution is 2.43. The van der Waals surface area contributed by atoms with E-state index >= 15 is 0 Å². The highest BCUT2D eigenvalue weighted by Gasteiger charge is 2.43. The van der Waals surface area contributed by atoms with Gasteiger partial charge in [0.2, 0.25) is 0 Å². The second-order valence-corrected chi connectivity index (χ2v) is 21.8. The third-order valence-electron chi connectivity index (χ3n) is 4.92. The van der Waals surface area contributed by atoms with E-state index in [9.17, 15) is 0 Å². The van der Waals surface area contributed by atoms with Crippen LogP contribution in [0.25, 0.3) is 0 Å². The molecule has 1 fully saturated rings. The van der Waals surface area contributed by atoms with E-state index in [-0.39, 0.29) is 12.4 Å². The first-order chi connectivity index (χ1) is 13.5. The van der Waals surface area contributed by atoms with E-state index in [2.05, 4.69) is 58.3 Å². The molecule has 2 rings (SSSR count). The Balaban J connectivity index is 1.81. The van der Waals surface area contributed by atoms with E-state index < -0.39 is 16.1 Å². The van der Waals surface area contributed by atoms with Gasteiger partial charge in [-0.25, -0.2) is 0 Å². The molecule has 166 valence electrons. The molecule has 1 aliphatic rings. The van der Waals surface area contributed by atoms with Crippen molar-refractivity contribution in [3.8, 4) is 5.75 Å². The summed E-state index contributed by atoms with van der Waals surface area (Å²) >= 11 is 0. The number of benzene rings is 1. The van der Waals surface area contributed by atoms with Gasteiger partial charge in [0.05, 0.1) is 13.2 Å². The van der Waals surface area contributed by atoms with Crippen molar-refractivity contribution >= 4 is 16.1 Å². The van der Waals surface area contributed by atoms with Crippen LogP contribution in [-0.4, -0.2) is 49.6 Å². The predicted molar refractivity (Wildman–Crippen MR) is 123 cm³/mol. The van der Waals surface area contributed by atoms with Gasteiger partial charge in [0.25, 0.3) is 0 Å². The molecular formula is C22H40O5Si2. The predicted octanol–water partition coefficient (Wildman–Crippen LogP) is 5.45. The fraction of sp³-hybridized carbons (Fsp3) is 0.727. The highest BCUT2D eigenvalue weighted by atomic mass is 28.3. The minimum absolute atomic E-state index is 0.243. The summed E-state index contributed by atoms with van der Waals surface area (Å²) in [4.78, 5) is 0. The van der Waals surface area contributed by atoms with E-state index in [4.69, 9.17) is 23.7 Å². The standard InChI is InChI=1S/C22H40O5Si2/c1-22(16-27-22)20-9-8-19(15-25-17-23-10-12-28(2,3)4)14-21(20)26-18-24-11-13-29(5,6)7/h8-9,14H,10-13,15-18H2,1-7H3/t22-/m0/s1. The van der Waals surface area contributed by atoms with Gasteiger partial charge in [-0.05, 0) is 30.6 Å². The zero-order valence-electron chi connectivity index (χ0n) is 19.4. The molecule has 0 amide bonds. The van der Waals surface area contributed by atoms with E-state index in [1.165, 1.54) is 0 Å². The summed E-state index contributed by atoms with van der Waals surface area (Å²) in [6.45, 7) is 19.5. The Morgan fingerprint density at radius 1 is 0.897 bits per heavy atom. The first-order valence-electron chi connectivity index (χ1n) is 10.6. The van der Waals surface area contributed by atoms with Crippen LogP contribution in [0.1, 0.15) is 18.1 Å². The second kappa shape index (κ2) is 10.5. The van der Waals surface area contributed by atoms with Crippen LogP contribution in [0.2, 0.25) is 51.4 Å². The zero-order valence-corrected chi connectivity index (χ0v) is 21.4. The van der Waals surface area contributed by atoms with Crippen LogP contribution in [0.3, 0.4) is 0 Å². The van der Waals surface area contributed by atoms with Crippen molar-refractivity contribution in [1.29, 1.82) is 0 Å². The Kier molecular flexibility index (Phi) is 8.93. The average molecular weight is 441 g/mol. The van der Waals surface area contributed by atoms with Gasteiger partial charge in [0.1, 0.15) is 18.1 Å². The molecule has 1 saturated heterocycles. The molecule has 0 N–H and O–H groups in total. The summed E-state index contributed by atoms with van der Waals surface area (Å²) in [6.07, 6.45) is 0. The molecule has 0 aliphatic carbocycles. The molecule has 1 atom stereocenters. The molecule has 0 radical (unpaired) electrons. The summed E-state index contributed by atoms with van der Waals surface area (Å²) < 4.78 is 28.6. The normalized spacial score (nSPS) is 19.4. The van der Waals surface area contributed by atoms with Gasteiger partial charge in [0, 0.05) is 34.9 Å². The molecule has 0 spiro atoms. The largest absolute Gasteiger partial charge is 0.467 e. The fourth-order valence-electron chi connectivity index (χ4n) is 2.67. The molecule has 1 aromatic carbocycles. The van der Waals surface area contributed by atoms with Crippen molar-refractivity contribution in [3.63, 3.8) is 0 Å². The maximum absolute atomic E-state index is 5.97. The van der Waals surface area contributed by atoms with Crippen LogP contribution in [0, 0.1) is 0 Å². The molecule has 0 aromatic heterocycles. The summed E-state index contributed by atoms with van der Waals surface area (Å²) in [7, 11) is -2.14. The van der Waals surface area contributed by atoms with Crippen LogP contribution in [0.15, 0.2) is 18.2 Å². The van der Waals surface area contributed by atoms with Crippen LogP contribution < -0.4 is 4.74 Å². The third-order valence-corrected chi connectivity index (χ3v) is 8.33. The second-order valence-electron chi connectivity index (χ2n) is 10.5. The van der Waals surface area contributed by atoms with Gasteiger partial charge in [-0.1, -0.05) is 51.4 Å². The number of hydrogen-bond acceptors (Lipinski definition) is 5. The van der Waals surface area contributed by atoms with E-state index in [0.29, 0.717) is 13.4 Å². The molecule has 1 aromatic rings. The Morgan fingerprint density at radius 3 is 2.03 bits per heavy atom. The highest BCUT2D eigenvalue weighted by molar-refractivity contribution is 6.76. The summed E-state index contributed by atoms with van der Waals surface area (Å²) in [5, 5.41) is 0. The molecule has 29 heavy (non-hydrogen) atoms. The molecule has 7 heteroatoms. The van der Waals surface area contributed by atoms with Crippen molar-refractivity contribution in [2.24, 2.45) is 0 Å². The Morgan fingerprint density at radius 2 is 1.48 bits per heavy atom. The lowest BCUT2D eigenvalue weighted by Gasteiger charge is -2.18. The van der Waals surface area contributed by atoms with Crippen LogP contribution in [-0.2, 0) is 31.2 Å². The lowest BCUT2D eigenvalue weighted by molar-refractivity contribution is -0.0574. The monoisotopic (exact) mass is 440 g/mol.